The van der Waals surface area contributed by atoms with Crippen LogP contribution in [0.4, 0.5) is 0 Å². The van der Waals surface area contributed by atoms with E-state index in [0.717, 1.165) is 43.2 Å². The minimum Gasteiger partial charge on any atom is -0.316 e. The minimum atomic E-state index is 0.592. The Morgan fingerprint density at radius 1 is 1.10 bits per heavy atom. The Morgan fingerprint density at radius 3 is 2.29 bits per heavy atom. The lowest BCUT2D eigenvalue weighted by atomic mass is 9.91. The summed E-state index contributed by atoms with van der Waals surface area (Å²) in [4.78, 5) is 0. The van der Waals surface area contributed by atoms with Crippen LogP contribution in [0.2, 0.25) is 5.02 Å². The maximum atomic E-state index is 6.50. The van der Waals surface area contributed by atoms with Crippen molar-refractivity contribution < 1.29 is 0 Å². The van der Waals surface area contributed by atoms with Crippen LogP contribution in [0.1, 0.15) is 52.9 Å². The van der Waals surface area contributed by atoms with E-state index in [-0.39, 0.29) is 0 Å². The highest BCUT2D eigenvalue weighted by molar-refractivity contribution is 6.31. The fraction of sp³-hybridized carbons (Fsp3) is 0.824. The predicted molar refractivity (Wildman–Crippen MR) is 92.0 cm³/mol. The molecule has 2 unspecified atom stereocenters. The number of hydrogen-bond acceptors (Lipinski definition) is 2. The summed E-state index contributed by atoms with van der Waals surface area (Å²) in [6, 6.07) is 0. The van der Waals surface area contributed by atoms with Gasteiger partial charge in [-0.25, -0.2) is 0 Å². The van der Waals surface area contributed by atoms with Crippen LogP contribution in [0.5, 0.6) is 0 Å². The highest BCUT2D eigenvalue weighted by Gasteiger charge is 2.20. The Hall–Kier alpha value is -0.540. The molecule has 0 aliphatic carbocycles. The van der Waals surface area contributed by atoms with Gasteiger partial charge in [0.05, 0.1) is 16.4 Å². The molecule has 0 aliphatic rings. The van der Waals surface area contributed by atoms with Crippen molar-refractivity contribution in [3.05, 3.63) is 16.4 Å². The zero-order valence-corrected chi connectivity index (χ0v) is 15.3. The number of aromatic nitrogens is 2. The molecule has 1 rings (SSSR count). The molecule has 0 spiro atoms. The van der Waals surface area contributed by atoms with Crippen LogP contribution in [0.25, 0.3) is 0 Å². The smallest absolute Gasteiger partial charge is 0.0849 e. The molecule has 0 radical (unpaired) electrons. The molecule has 21 heavy (non-hydrogen) atoms. The van der Waals surface area contributed by atoms with E-state index < -0.39 is 0 Å². The lowest BCUT2D eigenvalue weighted by molar-refractivity contribution is 0.350. The molecule has 1 heterocycles. The van der Waals surface area contributed by atoms with Gasteiger partial charge in [0.2, 0.25) is 0 Å². The van der Waals surface area contributed by atoms with Crippen molar-refractivity contribution in [2.45, 2.75) is 60.9 Å². The third-order valence-corrected chi connectivity index (χ3v) is 4.64. The third kappa shape index (κ3) is 5.30. The summed E-state index contributed by atoms with van der Waals surface area (Å²) >= 11 is 6.50. The molecule has 0 saturated heterocycles. The zero-order chi connectivity index (χ0) is 16.0. The predicted octanol–water partition coefficient (Wildman–Crippen LogP) is 4.18. The average Bonchev–Trinajstić information content (AvgIpc) is 2.74. The van der Waals surface area contributed by atoms with Crippen molar-refractivity contribution in [3.63, 3.8) is 0 Å². The Labute approximate surface area is 135 Å². The summed E-state index contributed by atoms with van der Waals surface area (Å²) in [5, 5.41) is 9.05. The molecule has 1 aromatic rings. The van der Waals surface area contributed by atoms with E-state index in [2.05, 4.69) is 56.6 Å². The van der Waals surface area contributed by atoms with E-state index >= 15 is 0 Å². The SMILES string of the molecule is CCc1nn(CC)c(CC(C)C(C)CNCC(C)C)c1Cl. The lowest BCUT2D eigenvalue weighted by Gasteiger charge is -2.21. The first kappa shape index (κ1) is 18.5. The van der Waals surface area contributed by atoms with E-state index in [9.17, 15) is 0 Å². The van der Waals surface area contributed by atoms with Gasteiger partial charge in [-0.2, -0.15) is 5.10 Å². The quantitative estimate of drug-likeness (QED) is 0.741. The topological polar surface area (TPSA) is 29.9 Å². The van der Waals surface area contributed by atoms with Crippen molar-refractivity contribution >= 4 is 11.6 Å². The second kappa shape index (κ2) is 8.79. The molecule has 4 heteroatoms. The van der Waals surface area contributed by atoms with E-state index in [1.165, 1.54) is 5.69 Å². The third-order valence-electron chi connectivity index (χ3n) is 4.20. The molecule has 1 aromatic heterocycles. The van der Waals surface area contributed by atoms with E-state index in [0.29, 0.717) is 17.8 Å². The maximum absolute atomic E-state index is 6.50. The molecule has 0 fully saturated rings. The van der Waals surface area contributed by atoms with Crippen LogP contribution in [0, 0.1) is 17.8 Å². The Morgan fingerprint density at radius 2 is 1.76 bits per heavy atom. The molecule has 122 valence electrons. The molecule has 3 nitrogen and oxygen atoms in total. The van der Waals surface area contributed by atoms with Gasteiger partial charge < -0.3 is 5.32 Å². The zero-order valence-electron chi connectivity index (χ0n) is 14.5. The Bertz CT molecular complexity index is 426. The van der Waals surface area contributed by atoms with E-state index in [4.69, 9.17) is 11.6 Å². The first-order valence-corrected chi connectivity index (χ1v) is 8.73. The summed E-state index contributed by atoms with van der Waals surface area (Å²) in [5.41, 5.74) is 2.24. The number of hydrogen-bond donors (Lipinski definition) is 1. The second-order valence-corrected chi connectivity index (χ2v) is 6.97. The van der Waals surface area contributed by atoms with Crippen LogP contribution in [0.3, 0.4) is 0 Å². The first-order chi connectivity index (χ1) is 9.90. The number of nitrogens with zero attached hydrogens (tertiary/aromatic N) is 2. The normalized spacial score (nSPS) is 14.7. The Kier molecular flexibility index (Phi) is 7.75. The number of aryl methyl sites for hydroxylation is 2. The van der Waals surface area contributed by atoms with Crippen molar-refractivity contribution in [2.75, 3.05) is 13.1 Å². The van der Waals surface area contributed by atoms with Gasteiger partial charge in [0, 0.05) is 6.54 Å². The standard InChI is InChI=1S/C17H32ClN3/c1-7-15-17(18)16(21(8-2)20-15)9-13(5)14(6)11-19-10-12(3)4/h12-14,19H,7-11H2,1-6H3. The Balaban J connectivity index is 2.65. The number of halogens is 1. The van der Waals surface area contributed by atoms with Gasteiger partial charge >= 0.3 is 0 Å². The van der Waals surface area contributed by atoms with Crippen molar-refractivity contribution in [2.24, 2.45) is 17.8 Å². The molecule has 1 N–H and O–H groups in total. The summed E-state index contributed by atoms with van der Waals surface area (Å²) in [5.74, 6) is 1.93. The van der Waals surface area contributed by atoms with Gasteiger partial charge in [-0.1, -0.05) is 46.2 Å². The van der Waals surface area contributed by atoms with Crippen LogP contribution in [-0.2, 0) is 19.4 Å². The van der Waals surface area contributed by atoms with E-state index in [1.807, 2.05) is 0 Å². The second-order valence-electron chi connectivity index (χ2n) is 6.59. The molecular weight excluding hydrogens is 282 g/mol. The molecule has 0 saturated carbocycles. The van der Waals surface area contributed by atoms with Crippen LogP contribution >= 0.6 is 11.6 Å². The summed E-state index contributed by atoms with van der Waals surface area (Å²) in [6.45, 7) is 16.4. The number of rotatable bonds is 9. The van der Waals surface area contributed by atoms with Gasteiger partial charge in [0.1, 0.15) is 0 Å². The molecule has 0 aliphatic heterocycles. The van der Waals surface area contributed by atoms with Crippen LogP contribution in [0.15, 0.2) is 0 Å². The van der Waals surface area contributed by atoms with Crippen LogP contribution in [-0.4, -0.2) is 22.9 Å². The minimum absolute atomic E-state index is 0.592. The van der Waals surface area contributed by atoms with E-state index in [1.54, 1.807) is 0 Å². The highest BCUT2D eigenvalue weighted by atomic mass is 35.5. The van der Waals surface area contributed by atoms with Crippen molar-refractivity contribution in [3.8, 4) is 0 Å². The van der Waals surface area contributed by atoms with Crippen LogP contribution < -0.4 is 5.32 Å². The van der Waals surface area contributed by atoms with Gasteiger partial charge in [0.15, 0.2) is 0 Å². The lowest BCUT2D eigenvalue weighted by Crippen LogP contribution is -2.29. The maximum Gasteiger partial charge on any atom is 0.0849 e. The summed E-state index contributed by atoms with van der Waals surface area (Å²) in [7, 11) is 0. The average molecular weight is 314 g/mol. The van der Waals surface area contributed by atoms with Gasteiger partial charge in [-0.15, -0.1) is 0 Å². The van der Waals surface area contributed by atoms with Gasteiger partial charge in [-0.05, 0) is 50.6 Å². The summed E-state index contributed by atoms with van der Waals surface area (Å²) in [6.07, 6.45) is 1.91. The monoisotopic (exact) mass is 313 g/mol. The molecule has 2 atom stereocenters. The summed E-state index contributed by atoms with van der Waals surface area (Å²) < 4.78 is 2.08. The van der Waals surface area contributed by atoms with Crippen molar-refractivity contribution in [1.82, 2.24) is 15.1 Å². The van der Waals surface area contributed by atoms with Crippen molar-refractivity contribution in [1.29, 1.82) is 0 Å². The molecule has 0 aromatic carbocycles. The molecule has 0 bridgehead atoms. The largest absolute Gasteiger partial charge is 0.316 e. The first-order valence-electron chi connectivity index (χ1n) is 8.35. The fourth-order valence-corrected chi connectivity index (χ4v) is 2.87. The van der Waals surface area contributed by atoms with Gasteiger partial charge in [-0.3, -0.25) is 4.68 Å². The number of nitrogens with one attached hydrogen (secondary N) is 1. The highest BCUT2D eigenvalue weighted by Crippen LogP contribution is 2.26. The van der Waals surface area contributed by atoms with Gasteiger partial charge in [0.25, 0.3) is 0 Å². The molecular formula is C17H32ClN3. The molecule has 0 amide bonds. The fourth-order valence-electron chi connectivity index (χ4n) is 2.52.